The molecule has 1 saturated heterocycles. The molecule has 2 atom stereocenters. The van der Waals surface area contributed by atoms with Crippen LogP contribution in [0.5, 0.6) is 0 Å². The van der Waals surface area contributed by atoms with E-state index in [4.69, 9.17) is 9.47 Å². The molecular formula is C22H26N2O4. The van der Waals surface area contributed by atoms with Crippen LogP contribution in [-0.2, 0) is 27.3 Å². The molecule has 148 valence electrons. The highest BCUT2D eigenvalue weighted by Crippen LogP contribution is 2.18. The summed E-state index contributed by atoms with van der Waals surface area (Å²) in [5.74, 6) is 0.000198. The van der Waals surface area contributed by atoms with Crippen molar-refractivity contribution >= 4 is 11.9 Å². The fraction of sp³-hybridized carbons (Fsp3) is 0.409. The van der Waals surface area contributed by atoms with Gasteiger partial charge in [0.1, 0.15) is 6.61 Å². The van der Waals surface area contributed by atoms with Crippen LogP contribution in [0.4, 0.5) is 4.79 Å². The molecule has 0 aliphatic carbocycles. The second kappa shape index (κ2) is 10.6. The van der Waals surface area contributed by atoms with Crippen LogP contribution in [0.25, 0.3) is 0 Å². The number of aromatic nitrogens is 1. The van der Waals surface area contributed by atoms with E-state index >= 15 is 0 Å². The van der Waals surface area contributed by atoms with Gasteiger partial charge in [0.05, 0.1) is 12.1 Å². The second-order valence-corrected chi connectivity index (χ2v) is 6.96. The number of alkyl carbamates (subject to hydrolysis) is 1. The standard InChI is InChI=1S/C22H26N2O4/c25-21(9-8-19-7-4-14-27-19)20(15-17-5-2-1-3-6-17)24-22(26)28-16-18-10-12-23-13-11-18/h1-3,5-6,10-13,19-20H,4,7-9,14-16H2,(H,24,26)/t19-,20+/m1/s1. The lowest BCUT2D eigenvalue weighted by atomic mass is 9.98. The molecule has 1 aliphatic heterocycles. The maximum absolute atomic E-state index is 12.8. The first-order chi connectivity index (χ1) is 13.7. The molecule has 0 bridgehead atoms. The quantitative estimate of drug-likeness (QED) is 0.719. The number of carbonyl (C=O) groups is 2. The molecule has 1 amide bonds. The summed E-state index contributed by atoms with van der Waals surface area (Å²) in [6.07, 6.45) is 6.40. The van der Waals surface area contributed by atoms with Gasteiger partial charge in [0.25, 0.3) is 0 Å². The van der Waals surface area contributed by atoms with Crippen LogP contribution in [0.2, 0.25) is 0 Å². The van der Waals surface area contributed by atoms with Crippen LogP contribution in [0.15, 0.2) is 54.9 Å². The van der Waals surface area contributed by atoms with Gasteiger partial charge in [0.15, 0.2) is 5.78 Å². The Morgan fingerprint density at radius 3 is 2.64 bits per heavy atom. The number of rotatable bonds is 9. The van der Waals surface area contributed by atoms with E-state index < -0.39 is 12.1 Å². The molecule has 0 radical (unpaired) electrons. The number of hydrogen-bond donors (Lipinski definition) is 1. The fourth-order valence-corrected chi connectivity index (χ4v) is 3.26. The number of Topliss-reactive ketones (excluding diaryl/α,β-unsaturated/α-hetero) is 1. The summed E-state index contributed by atoms with van der Waals surface area (Å²) in [6, 6.07) is 12.6. The van der Waals surface area contributed by atoms with E-state index in [0.717, 1.165) is 30.6 Å². The number of nitrogens with one attached hydrogen (secondary N) is 1. The smallest absolute Gasteiger partial charge is 0.408 e. The van der Waals surface area contributed by atoms with E-state index in [-0.39, 0.29) is 18.5 Å². The number of ketones is 1. The zero-order valence-corrected chi connectivity index (χ0v) is 15.9. The molecular weight excluding hydrogens is 356 g/mol. The van der Waals surface area contributed by atoms with Crippen molar-refractivity contribution in [3.63, 3.8) is 0 Å². The van der Waals surface area contributed by atoms with Crippen molar-refractivity contribution in [2.45, 2.75) is 50.9 Å². The van der Waals surface area contributed by atoms with Crippen molar-refractivity contribution < 1.29 is 19.1 Å². The number of pyridine rings is 1. The number of amides is 1. The third-order valence-corrected chi connectivity index (χ3v) is 4.82. The number of carbonyl (C=O) groups excluding carboxylic acids is 2. The Kier molecular flexibility index (Phi) is 7.55. The molecule has 1 fully saturated rings. The summed E-state index contributed by atoms with van der Waals surface area (Å²) < 4.78 is 10.9. The first-order valence-corrected chi connectivity index (χ1v) is 9.71. The van der Waals surface area contributed by atoms with E-state index in [9.17, 15) is 9.59 Å². The molecule has 0 spiro atoms. The minimum Gasteiger partial charge on any atom is -0.445 e. The van der Waals surface area contributed by atoms with Gasteiger partial charge in [0, 0.05) is 25.4 Å². The Hall–Kier alpha value is -2.73. The average Bonchev–Trinajstić information content (AvgIpc) is 3.25. The predicted octanol–water partition coefficient (Wildman–Crippen LogP) is 3.45. The van der Waals surface area contributed by atoms with Crippen LogP contribution in [-0.4, -0.2) is 35.6 Å². The van der Waals surface area contributed by atoms with Crippen LogP contribution in [0.3, 0.4) is 0 Å². The van der Waals surface area contributed by atoms with Crippen molar-refractivity contribution in [3.8, 4) is 0 Å². The highest BCUT2D eigenvalue weighted by molar-refractivity contribution is 5.87. The molecule has 1 N–H and O–H groups in total. The lowest BCUT2D eigenvalue weighted by molar-refractivity contribution is -0.121. The van der Waals surface area contributed by atoms with E-state index in [1.807, 2.05) is 30.3 Å². The van der Waals surface area contributed by atoms with Crippen molar-refractivity contribution in [1.82, 2.24) is 10.3 Å². The molecule has 2 aromatic rings. The Morgan fingerprint density at radius 1 is 1.14 bits per heavy atom. The minimum atomic E-state index is -0.617. The SMILES string of the molecule is O=C(N[C@@H](Cc1ccccc1)C(=O)CC[C@H]1CCCO1)OCc1ccncc1. The van der Waals surface area contributed by atoms with Gasteiger partial charge in [-0.05, 0) is 48.9 Å². The molecule has 1 aromatic heterocycles. The molecule has 6 heteroatoms. The summed E-state index contributed by atoms with van der Waals surface area (Å²) in [5, 5.41) is 2.74. The molecule has 1 aromatic carbocycles. The maximum atomic E-state index is 12.8. The van der Waals surface area contributed by atoms with E-state index in [1.165, 1.54) is 0 Å². The first-order valence-electron chi connectivity index (χ1n) is 9.71. The number of benzene rings is 1. The molecule has 1 aliphatic rings. The lowest BCUT2D eigenvalue weighted by Gasteiger charge is -2.19. The number of ether oxygens (including phenoxy) is 2. The summed E-state index contributed by atoms with van der Waals surface area (Å²) in [7, 11) is 0. The maximum Gasteiger partial charge on any atom is 0.408 e. The van der Waals surface area contributed by atoms with Crippen molar-refractivity contribution in [2.75, 3.05) is 6.61 Å². The predicted molar refractivity (Wildman–Crippen MR) is 105 cm³/mol. The van der Waals surface area contributed by atoms with Gasteiger partial charge in [-0.3, -0.25) is 9.78 Å². The van der Waals surface area contributed by atoms with Crippen LogP contribution in [0.1, 0.15) is 36.8 Å². The lowest BCUT2D eigenvalue weighted by Crippen LogP contribution is -2.42. The Morgan fingerprint density at radius 2 is 1.93 bits per heavy atom. The van der Waals surface area contributed by atoms with E-state index in [0.29, 0.717) is 19.3 Å². The van der Waals surface area contributed by atoms with Crippen molar-refractivity contribution in [3.05, 3.63) is 66.0 Å². The first kappa shape index (κ1) is 20.0. The fourth-order valence-electron chi connectivity index (χ4n) is 3.26. The summed E-state index contributed by atoms with van der Waals surface area (Å²) >= 11 is 0. The van der Waals surface area contributed by atoms with E-state index in [2.05, 4.69) is 10.3 Å². The van der Waals surface area contributed by atoms with Gasteiger partial charge < -0.3 is 14.8 Å². The summed E-state index contributed by atoms with van der Waals surface area (Å²) in [6.45, 7) is 0.905. The average molecular weight is 382 g/mol. The molecule has 28 heavy (non-hydrogen) atoms. The Balaban J connectivity index is 1.56. The Bertz CT molecular complexity index is 746. The molecule has 3 rings (SSSR count). The summed E-state index contributed by atoms with van der Waals surface area (Å²) in [4.78, 5) is 29.0. The molecule has 0 unspecified atom stereocenters. The monoisotopic (exact) mass is 382 g/mol. The highest BCUT2D eigenvalue weighted by atomic mass is 16.5. The van der Waals surface area contributed by atoms with Crippen molar-refractivity contribution in [2.24, 2.45) is 0 Å². The van der Waals surface area contributed by atoms with E-state index in [1.54, 1.807) is 24.5 Å². The number of nitrogens with zero attached hydrogens (tertiary/aromatic N) is 1. The summed E-state index contributed by atoms with van der Waals surface area (Å²) in [5.41, 5.74) is 1.84. The second-order valence-electron chi connectivity index (χ2n) is 6.96. The van der Waals surface area contributed by atoms with Gasteiger partial charge in [-0.15, -0.1) is 0 Å². The van der Waals surface area contributed by atoms with Gasteiger partial charge >= 0.3 is 6.09 Å². The highest BCUT2D eigenvalue weighted by Gasteiger charge is 2.24. The van der Waals surface area contributed by atoms with Crippen molar-refractivity contribution in [1.29, 1.82) is 0 Å². The molecule has 0 saturated carbocycles. The van der Waals surface area contributed by atoms with Crippen LogP contribution >= 0.6 is 0 Å². The normalized spacial score (nSPS) is 17.1. The minimum absolute atomic E-state index is 0.000198. The largest absolute Gasteiger partial charge is 0.445 e. The number of hydrogen-bond acceptors (Lipinski definition) is 5. The Labute approximate surface area is 165 Å². The van der Waals surface area contributed by atoms with Gasteiger partial charge in [-0.1, -0.05) is 30.3 Å². The third-order valence-electron chi connectivity index (χ3n) is 4.82. The zero-order chi connectivity index (χ0) is 19.6. The van der Waals surface area contributed by atoms with Gasteiger partial charge in [-0.25, -0.2) is 4.79 Å². The molecule has 2 heterocycles. The van der Waals surface area contributed by atoms with Gasteiger partial charge in [0.2, 0.25) is 0 Å². The van der Waals surface area contributed by atoms with Crippen LogP contribution in [0, 0.1) is 0 Å². The third kappa shape index (κ3) is 6.46. The van der Waals surface area contributed by atoms with Crippen LogP contribution < -0.4 is 5.32 Å². The zero-order valence-electron chi connectivity index (χ0n) is 15.9. The topological polar surface area (TPSA) is 77.5 Å². The van der Waals surface area contributed by atoms with Gasteiger partial charge in [-0.2, -0.15) is 0 Å². The molecule has 6 nitrogen and oxygen atoms in total.